The molecule has 12 heteroatoms. The Balaban J connectivity index is 1.95. The third kappa shape index (κ3) is 3.43. The number of anilines is 1. The van der Waals surface area contributed by atoms with Crippen LogP contribution >= 0.6 is 11.6 Å². The van der Waals surface area contributed by atoms with E-state index in [0.29, 0.717) is 5.02 Å². The number of nitrogens with zero attached hydrogens (tertiary/aromatic N) is 4. The van der Waals surface area contributed by atoms with Crippen molar-refractivity contribution in [3.8, 4) is 0 Å². The summed E-state index contributed by atoms with van der Waals surface area (Å²) in [7, 11) is -4.13. The van der Waals surface area contributed by atoms with Gasteiger partial charge in [0.25, 0.3) is 0 Å². The molecule has 1 aliphatic rings. The van der Waals surface area contributed by atoms with Gasteiger partial charge in [-0.2, -0.15) is 18.3 Å². The van der Waals surface area contributed by atoms with Gasteiger partial charge >= 0.3 is 6.18 Å². The lowest BCUT2D eigenvalue weighted by molar-refractivity contribution is -0.141. The molecule has 1 aromatic carbocycles. The molecule has 4 rings (SSSR count). The Morgan fingerprint density at radius 2 is 1.77 bits per heavy atom. The van der Waals surface area contributed by atoms with Gasteiger partial charge in [0.2, 0.25) is 9.84 Å². The van der Waals surface area contributed by atoms with Crippen LogP contribution in [0.4, 0.5) is 19.0 Å². The largest absolute Gasteiger partial charge is 0.435 e. The molecule has 1 atom stereocenters. The van der Waals surface area contributed by atoms with Crippen molar-refractivity contribution >= 4 is 27.3 Å². The van der Waals surface area contributed by atoms with Gasteiger partial charge in [-0.05, 0) is 31.2 Å². The van der Waals surface area contributed by atoms with Gasteiger partial charge in [0, 0.05) is 34.7 Å². The normalized spacial score (nSPS) is 16.9. The van der Waals surface area contributed by atoms with Crippen molar-refractivity contribution in [2.24, 2.45) is 0 Å². The fraction of sp³-hybridized carbons (Fsp3) is 0.167. The molecule has 3 aromatic rings. The van der Waals surface area contributed by atoms with Gasteiger partial charge in [0.1, 0.15) is 18.2 Å². The predicted octanol–water partition coefficient (Wildman–Crippen LogP) is 4.07. The first kappa shape index (κ1) is 20.4. The second-order valence-electron chi connectivity index (χ2n) is 6.50. The third-order valence-electron chi connectivity index (χ3n) is 4.51. The molecule has 0 spiro atoms. The molecule has 1 unspecified atom stereocenters. The summed E-state index contributed by atoms with van der Waals surface area (Å²) in [6, 6.07) is 5.13. The predicted molar refractivity (Wildman–Crippen MR) is 102 cm³/mol. The van der Waals surface area contributed by atoms with Gasteiger partial charge in [-0.1, -0.05) is 11.6 Å². The molecule has 0 aliphatic carbocycles. The molecule has 0 saturated carbocycles. The Morgan fingerprint density at radius 1 is 1.13 bits per heavy atom. The first-order chi connectivity index (χ1) is 14.1. The van der Waals surface area contributed by atoms with E-state index in [4.69, 9.17) is 11.6 Å². The second-order valence-corrected chi connectivity index (χ2v) is 8.86. The Bertz CT molecular complexity index is 1240. The molecule has 2 aromatic heterocycles. The van der Waals surface area contributed by atoms with E-state index in [1.807, 2.05) is 0 Å². The number of sulfone groups is 1. The number of aromatic nitrogens is 4. The van der Waals surface area contributed by atoms with Crippen molar-refractivity contribution in [3.05, 3.63) is 75.9 Å². The van der Waals surface area contributed by atoms with Crippen molar-refractivity contribution in [3.63, 3.8) is 0 Å². The summed E-state index contributed by atoms with van der Waals surface area (Å²) < 4.78 is 67.7. The highest BCUT2D eigenvalue weighted by Gasteiger charge is 2.41. The van der Waals surface area contributed by atoms with Gasteiger partial charge in [0.05, 0.1) is 9.80 Å². The van der Waals surface area contributed by atoms with E-state index in [2.05, 4.69) is 20.4 Å². The highest BCUT2D eigenvalue weighted by atomic mass is 35.5. The van der Waals surface area contributed by atoms with Crippen LogP contribution in [0.2, 0.25) is 5.02 Å². The van der Waals surface area contributed by atoms with Crippen LogP contribution in [0.15, 0.2) is 64.6 Å². The summed E-state index contributed by atoms with van der Waals surface area (Å²) in [4.78, 5) is 7.55. The zero-order valence-corrected chi connectivity index (χ0v) is 16.8. The van der Waals surface area contributed by atoms with Gasteiger partial charge in [-0.15, -0.1) is 0 Å². The van der Waals surface area contributed by atoms with Crippen LogP contribution in [0.25, 0.3) is 0 Å². The van der Waals surface area contributed by atoms with E-state index in [0.717, 1.165) is 10.7 Å². The molecule has 0 bridgehead atoms. The van der Waals surface area contributed by atoms with Crippen molar-refractivity contribution in [2.45, 2.75) is 24.0 Å². The summed E-state index contributed by atoms with van der Waals surface area (Å²) >= 11 is 5.86. The summed E-state index contributed by atoms with van der Waals surface area (Å²) in [6.07, 6.45) is -0.786. The van der Waals surface area contributed by atoms with Crippen LogP contribution in [-0.4, -0.2) is 28.2 Å². The molecule has 156 valence electrons. The number of hydrogen-bond acceptors (Lipinski definition) is 6. The van der Waals surface area contributed by atoms with Crippen molar-refractivity contribution < 1.29 is 21.6 Å². The summed E-state index contributed by atoms with van der Waals surface area (Å²) in [5.74, 6) is 0.00346. The second kappa shape index (κ2) is 7.10. The molecule has 1 N–H and O–H groups in total. The number of allylic oxidation sites excluding steroid dienone is 2. The fourth-order valence-corrected chi connectivity index (χ4v) is 5.08. The lowest BCUT2D eigenvalue weighted by atomic mass is 10.1. The Kier molecular flexibility index (Phi) is 4.82. The first-order valence-corrected chi connectivity index (χ1v) is 10.4. The minimum atomic E-state index is -4.70. The Morgan fingerprint density at radius 3 is 2.37 bits per heavy atom. The molecule has 1 aliphatic heterocycles. The maximum Gasteiger partial charge on any atom is 0.435 e. The fourth-order valence-electron chi connectivity index (χ4n) is 3.23. The van der Waals surface area contributed by atoms with E-state index >= 15 is 0 Å². The Labute approximate surface area is 174 Å². The van der Waals surface area contributed by atoms with Crippen molar-refractivity contribution in [1.82, 2.24) is 19.7 Å². The van der Waals surface area contributed by atoms with Crippen LogP contribution in [0, 0.1) is 0 Å². The quantitative estimate of drug-likeness (QED) is 0.640. The monoisotopic (exact) mass is 455 g/mol. The number of fused-ring (bicyclic) bond motifs is 1. The average Bonchev–Trinajstić information content (AvgIpc) is 3.12. The SMILES string of the molecule is CC1=C(S(=O)(=O)c2ccc(Cl)cc2)C(c2cncnc2)n2nc(C(F)(F)F)cc2N1. The van der Waals surface area contributed by atoms with Crippen LogP contribution < -0.4 is 5.32 Å². The Hall–Kier alpha value is -2.92. The summed E-state index contributed by atoms with van der Waals surface area (Å²) in [5, 5.41) is 6.71. The van der Waals surface area contributed by atoms with E-state index in [1.54, 1.807) is 0 Å². The number of hydrogen-bond donors (Lipinski definition) is 1. The van der Waals surface area contributed by atoms with Gasteiger partial charge in [0.15, 0.2) is 5.69 Å². The van der Waals surface area contributed by atoms with Crippen LogP contribution in [0.3, 0.4) is 0 Å². The number of halogens is 4. The lowest BCUT2D eigenvalue weighted by Gasteiger charge is -2.29. The van der Waals surface area contributed by atoms with Crippen LogP contribution in [-0.2, 0) is 16.0 Å². The third-order valence-corrected chi connectivity index (χ3v) is 6.77. The molecule has 0 fully saturated rings. The highest BCUT2D eigenvalue weighted by molar-refractivity contribution is 7.95. The molecule has 30 heavy (non-hydrogen) atoms. The molecule has 7 nitrogen and oxygen atoms in total. The minimum absolute atomic E-state index is 0.00346. The molecular weight excluding hydrogens is 443 g/mol. The van der Waals surface area contributed by atoms with Crippen molar-refractivity contribution in [2.75, 3.05) is 5.32 Å². The van der Waals surface area contributed by atoms with Gasteiger partial charge in [-0.25, -0.2) is 23.1 Å². The van der Waals surface area contributed by atoms with E-state index in [-0.39, 0.29) is 26.9 Å². The van der Waals surface area contributed by atoms with Crippen LogP contribution in [0.1, 0.15) is 24.2 Å². The molecule has 0 saturated heterocycles. The van der Waals surface area contributed by atoms with E-state index < -0.39 is 27.7 Å². The number of alkyl halides is 3. The average molecular weight is 456 g/mol. The van der Waals surface area contributed by atoms with E-state index in [9.17, 15) is 21.6 Å². The number of rotatable bonds is 3. The first-order valence-electron chi connectivity index (χ1n) is 8.49. The number of benzene rings is 1. The van der Waals surface area contributed by atoms with E-state index in [1.165, 1.54) is 49.9 Å². The van der Waals surface area contributed by atoms with Crippen molar-refractivity contribution in [1.29, 1.82) is 0 Å². The van der Waals surface area contributed by atoms with Gasteiger partial charge in [-0.3, -0.25) is 0 Å². The zero-order chi connectivity index (χ0) is 21.7. The zero-order valence-electron chi connectivity index (χ0n) is 15.2. The molecular formula is C18H13ClF3N5O2S. The lowest BCUT2D eigenvalue weighted by Crippen LogP contribution is -2.29. The summed E-state index contributed by atoms with van der Waals surface area (Å²) in [5.41, 5.74) is -0.714. The standard InChI is InChI=1S/C18H13ClF3N5O2S/c1-10-17(30(28,29)13-4-2-12(19)3-5-13)16(11-7-23-9-24-8-11)27-15(25-10)6-14(26-27)18(20,21)22/h2-9,16,25H,1H3. The molecule has 0 radical (unpaired) electrons. The highest BCUT2D eigenvalue weighted by Crippen LogP contribution is 2.42. The number of nitrogens with one attached hydrogen (secondary N) is 1. The maximum atomic E-state index is 13.5. The maximum absolute atomic E-state index is 13.5. The van der Waals surface area contributed by atoms with Gasteiger partial charge < -0.3 is 5.32 Å². The van der Waals surface area contributed by atoms with Crippen LogP contribution in [0.5, 0.6) is 0 Å². The molecule has 3 heterocycles. The summed E-state index contributed by atoms with van der Waals surface area (Å²) in [6.45, 7) is 1.48. The minimum Gasteiger partial charge on any atom is -0.343 e. The topological polar surface area (TPSA) is 89.8 Å². The molecule has 0 amide bonds. The smallest absolute Gasteiger partial charge is 0.343 e.